The molecule has 7 heteroatoms. The van der Waals surface area contributed by atoms with Gasteiger partial charge in [-0.2, -0.15) is 5.26 Å². The van der Waals surface area contributed by atoms with Gasteiger partial charge >= 0.3 is 0 Å². The summed E-state index contributed by atoms with van der Waals surface area (Å²) in [4.78, 5) is -0.178. The van der Waals surface area contributed by atoms with Crippen LogP contribution < -0.4 is 5.32 Å². The number of allylic oxidation sites excluding steroid dienone is 1. The SMILES string of the molecule is CS/C(Nc1ccc(I)cc1)=C(\C#N)S(=O)(=O)c1ccccc1. The number of hydrogen-bond donors (Lipinski definition) is 1. The van der Waals surface area contributed by atoms with Gasteiger partial charge in [0.15, 0.2) is 4.91 Å². The van der Waals surface area contributed by atoms with Crippen molar-refractivity contribution >= 4 is 49.9 Å². The van der Waals surface area contributed by atoms with E-state index in [0.29, 0.717) is 5.03 Å². The normalized spacial score (nSPS) is 12.2. The number of sulfone groups is 1. The molecule has 0 amide bonds. The average Bonchev–Trinajstić information content (AvgIpc) is 2.57. The zero-order valence-corrected chi connectivity index (χ0v) is 15.9. The molecule has 0 saturated heterocycles. The summed E-state index contributed by atoms with van der Waals surface area (Å²) in [5.74, 6) is 0. The molecule has 0 aromatic heterocycles. The van der Waals surface area contributed by atoms with Crippen molar-refractivity contribution in [2.45, 2.75) is 4.90 Å². The smallest absolute Gasteiger partial charge is 0.219 e. The number of thioether (sulfide) groups is 1. The molecule has 118 valence electrons. The average molecular weight is 456 g/mol. The molecule has 0 heterocycles. The monoisotopic (exact) mass is 456 g/mol. The van der Waals surface area contributed by atoms with Crippen LogP contribution in [0.3, 0.4) is 0 Å². The van der Waals surface area contributed by atoms with E-state index in [1.165, 1.54) is 23.9 Å². The van der Waals surface area contributed by atoms with Gasteiger partial charge in [-0.1, -0.05) is 18.2 Å². The number of nitriles is 1. The molecule has 0 unspecified atom stereocenters. The number of benzene rings is 2. The lowest BCUT2D eigenvalue weighted by molar-refractivity contribution is 0.603. The minimum atomic E-state index is -3.86. The first kappa shape index (κ1) is 17.8. The molecule has 0 fully saturated rings. The van der Waals surface area contributed by atoms with Gasteiger partial charge < -0.3 is 5.32 Å². The Morgan fingerprint density at radius 3 is 2.26 bits per heavy atom. The Morgan fingerprint density at radius 1 is 1.13 bits per heavy atom. The van der Waals surface area contributed by atoms with E-state index >= 15 is 0 Å². The molecule has 0 aliphatic heterocycles. The third-order valence-corrected chi connectivity index (χ3v) is 6.22. The Kier molecular flexibility index (Phi) is 6.10. The molecular formula is C16H13IN2O2S2. The minimum Gasteiger partial charge on any atom is -0.349 e. The molecule has 2 aromatic carbocycles. The molecule has 0 aliphatic carbocycles. The van der Waals surface area contributed by atoms with E-state index in [2.05, 4.69) is 27.9 Å². The van der Waals surface area contributed by atoms with Crippen LogP contribution in [0.5, 0.6) is 0 Å². The molecule has 2 aromatic rings. The van der Waals surface area contributed by atoms with Crippen LogP contribution in [0.1, 0.15) is 0 Å². The molecule has 23 heavy (non-hydrogen) atoms. The highest BCUT2D eigenvalue weighted by molar-refractivity contribution is 14.1. The van der Waals surface area contributed by atoms with Gasteiger partial charge in [-0.05, 0) is 65.2 Å². The summed E-state index contributed by atoms with van der Waals surface area (Å²) in [6.45, 7) is 0. The maximum Gasteiger partial charge on any atom is 0.219 e. The van der Waals surface area contributed by atoms with Crippen LogP contribution in [0, 0.1) is 14.9 Å². The Morgan fingerprint density at radius 2 is 1.74 bits per heavy atom. The predicted molar refractivity (Wildman–Crippen MR) is 103 cm³/mol. The van der Waals surface area contributed by atoms with Crippen LogP contribution in [0.15, 0.2) is 69.4 Å². The summed E-state index contributed by atoms with van der Waals surface area (Å²) in [6.07, 6.45) is 1.73. The Hall–Kier alpha value is -1.50. The van der Waals surface area contributed by atoms with Crippen molar-refractivity contribution in [3.8, 4) is 6.07 Å². The van der Waals surface area contributed by atoms with E-state index in [1.807, 2.05) is 30.3 Å². The fourth-order valence-corrected chi connectivity index (χ4v) is 4.37. The van der Waals surface area contributed by atoms with Crippen LogP contribution in [0.25, 0.3) is 0 Å². The summed E-state index contributed by atoms with van der Waals surface area (Å²) >= 11 is 3.38. The van der Waals surface area contributed by atoms with Crippen LogP contribution in [-0.2, 0) is 9.84 Å². The predicted octanol–water partition coefficient (Wildman–Crippen LogP) is 4.23. The third-order valence-electron chi connectivity index (χ3n) is 2.94. The van der Waals surface area contributed by atoms with Crippen LogP contribution in [0.4, 0.5) is 5.69 Å². The van der Waals surface area contributed by atoms with Gasteiger partial charge in [-0.3, -0.25) is 0 Å². The second kappa shape index (κ2) is 7.86. The van der Waals surface area contributed by atoms with Crippen molar-refractivity contribution < 1.29 is 8.42 Å². The maximum atomic E-state index is 12.7. The van der Waals surface area contributed by atoms with Gasteiger partial charge in [0.1, 0.15) is 11.1 Å². The molecule has 1 N–H and O–H groups in total. The largest absolute Gasteiger partial charge is 0.349 e. The van der Waals surface area contributed by atoms with Crippen molar-refractivity contribution in [1.29, 1.82) is 5.26 Å². The van der Waals surface area contributed by atoms with E-state index in [4.69, 9.17) is 0 Å². The number of anilines is 1. The number of nitrogens with one attached hydrogen (secondary N) is 1. The quantitative estimate of drug-likeness (QED) is 0.539. The second-order valence-electron chi connectivity index (χ2n) is 4.42. The van der Waals surface area contributed by atoms with Crippen molar-refractivity contribution in [1.82, 2.24) is 0 Å². The lowest BCUT2D eigenvalue weighted by Crippen LogP contribution is -2.09. The third kappa shape index (κ3) is 4.28. The van der Waals surface area contributed by atoms with Gasteiger partial charge in [0, 0.05) is 9.26 Å². The highest BCUT2D eigenvalue weighted by Crippen LogP contribution is 2.27. The fourth-order valence-electron chi connectivity index (χ4n) is 1.82. The van der Waals surface area contributed by atoms with Crippen molar-refractivity contribution in [3.63, 3.8) is 0 Å². The standard InChI is InChI=1S/C16H13IN2O2S2/c1-22-16(19-13-9-7-12(17)8-10-13)15(11-18)23(20,21)14-5-3-2-4-6-14/h2-10,19H,1H3/b16-15+. The van der Waals surface area contributed by atoms with E-state index in [1.54, 1.807) is 24.5 Å². The molecule has 0 spiro atoms. The summed E-state index contributed by atoms with van der Waals surface area (Å²) in [5.41, 5.74) is 0.728. The molecular weight excluding hydrogens is 443 g/mol. The Balaban J connectivity index is 2.48. The maximum absolute atomic E-state index is 12.7. The molecule has 4 nitrogen and oxygen atoms in total. The lowest BCUT2D eigenvalue weighted by Gasteiger charge is -2.12. The van der Waals surface area contributed by atoms with Gasteiger partial charge in [-0.15, -0.1) is 11.8 Å². The number of halogens is 1. The van der Waals surface area contributed by atoms with Crippen molar-refractivity contribution in [3.05, 3.63) is 68.1 Å². The summed E-state index contributed by atoms with van der Waals surface area (Å²) in [6, 6.07) is 17.3. The minimum absolute atomic E-state index is 0.104. The molecule has 0 atom stereocenters. The van der Waals surface area contributed by atoms with E-state index in [0.717, 1.165) is 9.26 Å². The second-order valence-corrected chi connectivity index (χ2v) is 8.37. The Labute approximate surface area is 153 Å². The Bertz CT molecular complexity index is 855. The molecule has 0 saturated carbocycles. The molecule has 0 radical (unpaired) electrons. The zero-order chi connectivity index (χ0) is 16.9. The van der Waals surface area contributed by atoms with Crippen LogP contribution >= 0.6 is 34.4 Å². The van der Waals surface area contributed by atoms with E-state index in [-0.39, 0.29) is 9.80 Å². The number of hydrogen-bond acceptors (Lipinski definition) is 5. The summed E-state index contributed by atoms with van der Waals surface area (Å²) < 4.78 is 26.4. The number of rotatable bonds is 5. The molecule has 2 rings (SSSR count). The summed E-state index contributed by atoms with van der Waals surface area (Å²) in [5, 5.41) is 12.7. The fraction of sp³-hybridized carbons (Fsp3) is 0.0625. The van der Waals surface area contributed by atoms with Crippen molar-refractivity contribution in [2.24, 2.45) is 0 Å². The van der Waals surface area contributed by atoms with Crippen molar-refractivity contribution in [2.75, 3.05) is 11.6 Å². The zero-order valence-electron chi connectivity index (χ0n) is 12.2. The summed E-state index contributed by atoms with van der Waals surface area (Å²) in [7, 11) is -3.86. The topological polar surface area (TPSA) is 70.0 Å². The lowest BCUT2D eigenvalue weighted by atomic mass is 10.3. The van der Waals surface area contributed by atoms with Gasteiger partial charge in [0.25, 0.3) is 0 Å². The van der Waals surface area contributed by atoms with Gasteiger partial charge in [-0.25, -0.2) is 8.42 Å². The van der Waals surface area contributed by atoms with E-state index < -0.39 is 9.84 Å². The highest BCUT2D eigenvalue weighted by Gasteiger charge is 2.24. The number of nitrogens with zero attached hydrogens (tertiary/aromatic N) is 1. The van der Waals surface area contributed by atoms with Crippen LogP contribution in [0.2, 0.25) is 0 Å². The molecule has 0 aliphatic rings. The molecule has 0 bridgehead atoms. The first-order chi connectivity index (χ1) is 11.0. The van der Waals surface area contributed by atoms with E-state index in [9.17, 15) is 13.7 Å². The van der Waals surface area contributed by atoms with Gasteiger partial charge in [0.2, 0.25) is 9.84 Å². The highest BCUT2D eigenvalue weighted by atomic mass is 127. The van der Waals surface area contributed by atoms with Crippen LogP contribution in [-0.4, -0.2) is 14.7 Å². The first-order valence-electron chi connectivity index (χ1n) is 6.50. The first-order valence-corrected chi connectivity index (χ1v) is 10.3. The van der Waals surface area contributed by atoms with Gasteiger partial charge in [0.05, 0.1) is 4.90 Å².